The number of anilines is 2. The van der Waals surface area contributed by atoms with Crippen LogP contribution in [0.1, 0.15) is 15.9 Å². The van der Waals surface area contributed by atoms with E-state index < -0.39 is 0 Å². The number of rotatable bonds is 6. The van der Waals surface area contributed by atoms with Crippen LogP contribution in [0.4, 0.5) is 10.8 Å². The van der Waals surface area contributed by atoms with Crippen LogP contribution < -0.4 is 10.6 Å². The second-order valence-electron chi connectivity index (χ2n) is 5.52. The predicted octanol–water partition coefficient (Wildman–Crippen LogP) is 4.43. The molecular formula is C19H17N3O2S2. The first-order valence-electron chi connectivity index (χ1n) is 7.90. The maximum atomic E-state index is 12.2. The number of nitrogens with zero attached hydrogens (tertiary/aromatic N) is 1. The molecule has 1 heterocycles. The van der Waals surface area contributed by atoms with Gasteiger partial charge in [0.25, 0.3) is 5.91 Å². The molecular weight excluding hydrogens is 366 g/mol. The van der Waals surface area contributed by atoms with E-state index in [4.69, 9.17) is 0 Å². The van der Waals surface area contributed by atoms with E-state index >= 15 is 0 Å². The van der Waals surface area contributed by atoms with Crippen molar-refractivity contribution >= 4 is 45.7 Å². The first-order valence-corrected chi connectivity index (χ1v) is 9.77. The molecule has 2 N–H and O–H groups in total. The standard InChI is InChI=1S/C19H17N3O2S2/c1-13-2-4-14(5-3-13)18(24)21-15-6-8-16(9-7-15)26-12-17(23)22-19-20-10-11-25-19/h2-11H,12H2,1H3,(H,21,24)(H,20,22,23). The van der Waals surface area contributed by atoms with Crippen LogP contribution in [-0.2, 0) is 4.79 Å². The Hall–Kier alpha value is -2.64. The van der Waals surface area contributed by atoms with Gasteiger partial charge in [0.05, 0.1) is 5.75 Å². The highest BCUT2D eigenvalue weighted by Gasteiger charge is 2.07. The van der Waals surface area contributed by atoms with Gasteiger partial charge in [0, 0.05) is 27.7 Å². The van der Waals surface area contributed by atoms with Crippen LogP contribution in [0, 0.1) is 6.92 Å². The van der Waals surface area contributed by atoms with E-state index in [1.165, 1.54) is 23.1 Å². The zero-order valence-electron chi connectivity index (χ0n) is 14.1. The second kappa shape index (κ2) is 8.64. The van der Waals surface area contributed by atoms with Crippen molar-refractivity contribution in [2.75, 3.05) is 16.4 Å². The molecule has 0 aliphatic carbocycles. The summed E-state index contributed by atoms with van der Waals surface area (Å²) in [7, 11) is 0. The van der Waals surface area contributed by atoms with E-state index in [9.17, 15) is 9.59 Å². The third kappa shape index (κ3) is 5.18. The van der Waals surface area contributed by atoms with E-state index in [-0.39, 0.29) is 11.8 Å². The average Bonchev–Trinajstić information content (AvgIpc) is 3.14. The Labute approximate surface area is 159 Å². The van der Waals surface area contributed by atoms with Crippen LogP contribution >= 0.6 is 23.1 Å². The average molecular weight is 383 g/mol. The Morgan fingerprint density at radius 1 is 1.04 bits per heavy atom. The number of aryl methyl sites for hydroxylation is 1. The molecule has 0 radical (unpaired) electrons. The van der Waals surface area contributed by atoms with Crippen molar-refractivity contribution in [3.05, 3.63) is 71.2 Å². The van der Waals surface area contributed by atoms with Crippen LogP contribution in [0.25, 0.3) is 0 Å². The summed E-state index contributed by atoms with van der Waals surface area (Å²) in [6.45, 7) is 1.98. The van der Waals surface area contributed by atoms with Crippen molar-refractivity contribution in [1.29, 1.82) is 0 Å². The summed E-state index contributed by atoms with van der Waals surface area (Å²) in [5.41, 5.74) is 2.45. The molecule has 132 valence electrons. The van der Waals surface area contributed by atoms with Gasteiger partial charge in [0.1, 0.15) is 0 Å². The normalized spacial score (nSPS) is 10.3. The Morgan fingerprint density at radius 3 is 2.42 bits per heavy atom. The SMILES string of the molecule is Cc1ccc(C(=O)Nc2ccc(SCC(=O)Nc3nccs3)cc2)cc1. The van der Waals surface area contributed by atoms with Crippen molar-refractivity contribution in [1.82, 2.24) is 4.98 Å². The third-order valence-corrected chi connectivity index (χ3v) is 5.18. The topological polar surface area (TPSA) is 71.1 Å². The Bertz CT molecular complexity index is 876. The lowest BCUT2D eigenvalue weighted by atomic mass is 10.1. The Balaban J connectivity index is 1.50. The highest BCUT2D eigenvalue weighted by molar-refractivity contribution is 8.00. The van der Waals surface area contributed by atoms with Crippen molar-refractivity contribution in [2.45, 2.75) is 11.8 Å². The highest BCUT2D eigenvalue weighted by Crippen LogP contribution is 2.21. The lowest BCUT2D eigenvalue weighted by Crippen LogP contribution is -2.13. The number of aromatic nitrogens is 1. The van der Waals surface area contributed by atoms with Crippen molar-refractivity contribution in [3.8, 4) is 0 Å². The minimum Gasteiger partial charge on any atom is -0.322 e. The molecule has 0 spiro atoms. The molecule has 0 aliphatic rings. The molecule has 3 rings (SSSR count). The Morgan fingerprint density at radius 2 is 1.77 bits per heavy atom. The quantitative estimate of drug-likeness (QED) is 0.618. The van der Waals surface area contributed by atoms with Gasteiger partial charge < -0.3 is 10.6 Å². The van der Waals surface area contributed by atoms with Gasteiger partial charge in [-0.1, -0.05) is 17.7 Å². The summed E-state index contributed by atoms with van der Waals surface area (Å²) in [6.07, 6.45) is 1.65. The summed E-state index contributed by atoms with van der Waals surface area (Å²) in [6, 6.07) is 14.8. The largest absolute Gasteiger partial charge is 0.322 e. The van der Waals surface area contributed by atoms with Crippen LogP contribution in [0.15, 0.2) is 65.0 Å². The zero-order chi connectivity index (χ0) is 18.4. The molecule has 5 nitrogen and oxygen atoms in total. The molecule has 0 saturated carbocycles. The summed E-state index contributed by atoms with van der Waals surface area (Å²) >= 11 is 2.81. The lowest BCUT2D eigenvalue weighted by molar-refractivity contribution is -0.113. The summed E-state index contributed by atoms with van der Waals surface area (Å²) in [4.78, 5) is 29.0. The van der Waals surface area contributed by atoms with Gasteiger partial charge in [-0.2, -0.15) is 0 Å². The van der Waals surface area contributed by atoms with Gasteiger partial charge in [-0.15, -0.1) is 23.1 Å². The van der Waals surface area contributed by atoms with Crippen LogP contribution in [-0.4, -0.2) is 22.6 Å². The molecule has 3 aromatic rings. The monoisotopic (exact) mass is 383 g/mol. The predicted molar refractivity (Wildman–Crippen MR) is 107 cm³/mol. The first kappa shape index (κ1) is 18.2. The van der Waals surface area contributed by atoms with E-state index in [0.717, 1.165) is 10.5 Å². The van der Waals surface area contributed by atoms with Crippen LogP contribution in [0.3, 0.4) is 0 Å². The van der Waals surface area contributed by atoms with Crippen molar-refractivity contribution in [2.24, 2.45) is 0 Å². The number of thioether (sulfide) groups is 1. The summed E-state index contributed by atoms with van der Waals surface area (Å²) in [5.74, 6) is 0.0594. The van der Waals surface area contributed by atoms with Crippen molar-refractivity contribution < 1.29 is 9.59 Å². The number of thiazole rings is 1. The Kier molecular flexibility index (Phi) is 6.04. The zero-order valence-corrected chi connectivity index (χ0v) is 15.7. The summed E-state index contributed by atoms with van der Waals surface area (Å²) < 4.78 is 0. The van der Waals surface area contributed by atoms with Gasteiger partial charge in [0.15, 0.2) is 5.13 Å². The number of hydrogen-bond donors (Lipinski definition) is 2. The molecule has 7 heteroatoms. The molecule has 0 unspecified atom stereocenters. The number of hydrogen-bond acceptors (Lipinski definition) is 5. The molecule has 2 aromatic carbocycles. The number of amides is 2. The molecule has 0 aliphatic heterocycles. The number of carbonyl (C=O) groups excluding carboxylic acids is 2. The number of nitrogens with one attached hydrogen (secondary N) is 2. The maximum absolute atomic E-state index is 12.2. The van der Waals surface area contributed by atoms with Gasteiger partial charge in [-0.3, -0.25) is 9.59 Å². The van der Waals surface area contributed by atoms with E-state index in [1.807, 2.05) is 48.7 Å². The van der Waals surface area contributed by atoms with E-state index in [2.05, 4.69) is 15.6 Å². The van der Waals surface area contributed by atoms with E-state index in [1.54, 1.807) is 18.3 Å². The minimum atomic E-state index is -0.145. The summed E-state index contributed by atoms with van der Waals surface area (Å²) in [5, 5.41) is 8.02. The first-order chi connectivity index (χ1) is 12.6. The van der Waals surface area contributed by atoms with Gasteiger partial charge in [0.2, 0.25) is 5.91 Å². The van der Waals surface area contributed by atoms with Crippen molar-refractivity contribution in [3.63, 3.8) is 0 Å². The fraction of sp³-hybridized carbons (Fsp3) is 0.105. The number of carbonyl (C=O) groups is 2. The van der Waals surface area contributed by atoms with Gasteiger partial charge in [-0.05, 0) is 43.3 Å². The molecule has 0 saturated heterocycles. The molecule has 0 atom stereocenters. The fourth-order valence-electron chi connectivity index (χ4n) is 2.13. The highest BCUT2D eigenvalue weighted by atomic mass is 32.2. The van der Waals surface area contributed by atoms with Gasteiger partial charge >= 0.3 is 0 Å². The lowest BCUT2D eigenvalue weighted by Gasteiger charge is -2.07. The second-order valence-corrected chi connectivity index (χ2v) is 7.46. The number of benzene rings is 2. The third-order valence-electron chi connectivity index (χ3n) is 3.47. The van der Waals surface area contributed by atoms with Crippen LogP contribution in [0.5, 0.6) is 0 Å². The molecule has 26 heavy (non-hydrogen) atoms. The smallest absolute Gasteiger partial charge is 0.255 e. The van der Waals surface area contributed by atoms with Gasteiger partial charge in [-0.25, -0.2) is 4.98 Å². The maximum Gasteiger partial charge on any atom is 0.255 e. The molecule has 1 aromatic heterocycles. The van der Waals surface area contributed by atoms with E-state index in [0.29, 0.717) is 22.1 Å². The molecule has 0 bridgehead atoms. The van der Waals surface area contributed by atoms with Crippen LogP contribution in [0.2, 0.25) is 0 Å². The molecule has 0 fully saturated rings. The fourth-order valence-corrected chi connectivity index (χ4v) is 3.38. The minimum absolute atomic E-state index is 0.0956. The molecule has 2 amide bonds.